The highest BCUT2D eigenvalue weighted by atomic mass is 32.2. The SMILES string of the molecule is C[C@H]([C@](O)(Cn1cncn1)c1ccc(F)cc1F)S(=O)(=O)NC(c1ccccc1)c1ccccc1. The molecule has 10 heteroatoms. The van der Waals surface area contributed by atoms with Crippen LogP contribution >= 0.6 is 0 Å². The lowest BCUT2D eigenvalue weighted by Crippen LogP contribution is -2.51. The molecule has 1 aromatic heterocycles. The average molecular weight is 499 g/mol. The van der Waals surface area contributed by atoms with Gasteiger partial charge in [0.25, 0.3) is 0 Å². The quantitative estimate of drug-likeness (QED) is 0.368. The maximum Gasteiger partial charge on any atom is 0.218 e. The second-order valence-electron chi connectivity index (χ2n) is 8.20. The van der Waals surface area contributed by atoms with Crippen LogP contribution in [0.2, 0.25) is 0 Å². The van der Waals surface area contributed by atoms with Crippen molar-refractivity contribution < 1.29 is 22.3 Å². The normalized spacial score (nSPS) is 14.5. The first kappa shape index (κ1) is 24.6. The first-order valence-corrected chi connectivity index (χ1v) is 12.4. The summed E-state index contributed by atoms with van der Waals surface area (Å²) in [6.07, 6.45) is 2.48. The van der Waals surface area contributed by atoms with Crippen molar-refractivity contribution in [1.82, 2.24) is 19.5 Å². The minimum absolute atomic E-state index is 0.372. The Bertz CT molecular complexity index is 1330. The summed E-state index contributed by atoms with van der Waals surface area (Å²) in [6.45, 7) is 0.841. The van der Waals surface area contributed by atoms with Crippen LogP contribution in [0.1, 0.15) is 29.7 Å². The number of nitrogens with one attached hydrogen (secondary N) is 1. The van der Waals surface area contributed by atoms with E-state index in [1.54, 1.807) is 48.5 Å². The fourth-order valence-electron chi connectivity index (χ4n) is 3.98. The summed E-state index contributed by atoms with van der Waals surface area (Å²) in [7, 11) is -4.31. The van der Waals surface area contributed by atoms with Crippen LogP contribution in [0.25, 0.3) is 0 Å². The van der Waals surface area contributed by atoms with E-state index in [0.717, 1.165) is 12.1 Å². The highest BCUT2D eigenvalue weighted by Gasteiger charge is 2.46. The van der Waals surface area contributed by atoms with Crippen LogP contribution in [0, 0.1) is 11.6 Å². The molecule has 182 valence electrons. The van der Waals surface area contributed by atoms with Crippen LogP contribution in [0.3, 0.4) is 0 Å². The minimum atomic E-state index is -4.31. The lowest BCUT2D eigenvalue weighted by molar-refractivity contribution is 0.0106. The average Bonchev–Trinajstić information content (AvgIpc) is 3.36. The molecule has 0 unspecified atom stereocenters. The summed E-state index contributed by atoms with van der Waals surface area (Å²) in [6, 6.07) is 19.8. The van der Waals surface area contributed by atoms with E-state index in [9.17, 15) is 22.3 Å². The van der Waals surface area contributed by atoms with Crippen molar-refractivity contribution in [3.05, 3.63) is 120 Å². The van der Waals surface area contributed by atoms with Gasteiger partial charge in [-0.3, -0.25) is 0 Å². The standard InChI is InChI=1S/C25H24F2N4O3S/c1-18(25(32,15-31-17-28-16-29-31)22-13-12-21(26)14-23(22)27)35(33,34)30-24(19-8-4-2-5-9-19)20-10-6-3-7-11-20/h2-14,16-18,24,30,32H,15H2,1H3/t18-,25-/m1/s1. The van der Waals surface area contributed by atoms with Gasteiger partial charge in [0, 0.05) is 11.6 Å². The summed E-state index contributed by atoms with van der Waals surface area (Å²) in [5.41, 5.74) is -1.32. The largest absolute Gasteiger partial charge is 0.382 e. The van der Waals surface area contributed by atoms with Gasteiger partial charge in [-0.25, -0.2) is 31.6 Å². The molecule has 4 rings (SSSR count). The van der Waals surface area contributed by atoms with Crippen molar-refractivity contribution in [1.29, 1.82) is 0 Å². The van der Waals surface area contributed by atoms with Gasteiger partial charge in [-0.1, -0.05) is 66.7 Å². The lowest BCUT2D eigenvalue weighted by Gasteiger charge is -2.35. The first-order chi connectivity index (χ1) is 16.7. The van der Waals surface area contributed by atoms with Crippen molar-refractivity contribution in [3.63, 3.8) is 0 Å². The van der Waals surface area contributed by atoms with Gasteiger partial charge < -0.3 is 5.11 Å². The summed E-state index contributed by atoms with van der Waals surface area (Å²) in [5, 5.41) is 14.1. The Kier molecular flexibility index (Phi) is 7.06. The molecule has 2 N–H and O–H groups in total. The monoisotopic (exact) mass is 498 g/mol. The van der Waals surface area contributed by atoms with Gasteiger partial charge >= 0.3 is 0 Å². The van der Waals surface area contributed by atoms with Crippen LogP contribution < -0.4 is 4.72 Å². The Balaban J connectivity index is 1.77. The summed E-state index contributed by atoms with van der Waals surface area (Å²) < 4.78 is 59.8. The molecule has 2 atom stereocenters. The molecule has 0 saturated heterocycles. The molecule has 0 bridgehead atoms. The summed E-state index contributed by atoms with van der Waals surface area (Å²) >= 11 is 0. The number of rotatable bonds is 9. The van der Waals surface area contributed by atoms with Crippen molar-refractivity contribution >= 4 is 10.0 Å². The smallest absolute Gasteiger partial charge is 0.218 e. The number of hydrogen-bond acceptors (Lipinski definition) is 5. The summed E-state index contributed by atoms with van der Waals surface area (Å²) in [5.74, 6) is -1.92. The van der Waals surface area contributed by atoms with Gasteiger partial charge in [0.2, 0.25) is 10.0 Å². The Labute approximate surface area is 202 Å². The van der Waals surface area contributed by atoms with Crippen molar-refractivity contribution in [3.8, 4) is 0 Å². The zero-order valence-electron chi connectivity index (χ0n) is 18.8. The number of sulfonamides is 1. The molecule has 1 heterocycles. The molecule has 35 heavy (non-hydrogen) atoms. The van der Waals surface area contributed by atoms with Gasteiger partial charge in [-0.05, 0) is 24.1 Å². The zero-order chi connectivity index (χ0) is 25.1. The molecule has 3 aromatic carbocycles. The maximum atomic E-state index is 14.9. The van der Waals surface area contributed by atoms with Gasteiger partial charge in [0.05, 0.1) is 12.6 Å². The third-order valence-corrected chi connectivity index (χ3v) is 7.84. The van der Waals surface area contributed by atoms with E-state index in [1.165, 1.54) is 24.3 Å². The number of nitrogens with zero attached hydrogens (tertiary/aromatic N) is 3. The summed E-state index contributed by atoms with van der Waals surface area (Å²) in [4.78, 5) is 3.81. The van der Waals surface area contributed by atoms with E-state index in [0.29, 0.717) is 17.2 Å². The molecule has 0 fully saturated rings. The van der Waals surface area contributed by atoms with E-state index >= 15 is 0 Å². The predicted molar refractivity (Wildman–Crippen MR) is 127 cm³/mol. The van der Waals surface area contributed by atoms with E-state index in [-0.39, 0.29) is 5.56 Å². The van der Waals surface area contributed by atoms with Gasteiger partial charge in [-0.2, -0.15) is 5.10 Å². The zero-order valence-corrected chi connectivity index (χ0v) is 19.6. The Morgan fingerprint density at radius 2 is 1.60 bits per heavy atom. The Morgan fingerprint density at radius 1 is 1.00 bits per heavy atom. The second-order valence-corrected chi connectivity index (χ2v) is 10.2. The second kappa shape index (κ2) is 10.0. The number of aromatic nitrogens is 3. The molecule has 0 amide bonds. The van der Waals surface area contributed by atoms with Gasteiger partial charge in [-0.15, -0.1) is 0 Å². The van der Waals surface area contributed by atoms with Crippen LogP contribution in [0.5, 0.6) is 0 Å². The number of benzene rings is 3. The van der Waals surface area contributed by atoms with E-state index in [1.807, 2.05) is 12.1 Å². The van der Waals surface area contributed by atoms with Crippen LogP contribution in [-0.4, -0.2) is 33.5 Å². The Morgan fingerprint density at radius 3 is 2.11 bits per heavy atom. The number of hydrogen-bond donors (Lipinski definition) is 2. The third kappa shape index (κ3) is 5.29. The first-order valence-electron chi connectivity index (χ1n) is 10.8. The lowest BCUT2D eigenvalue weighted by atomic mass is 9.90. The fourth-order valence-corrected chi connectivity index (χ4v) is 5.50. The third-order valence-electron chi connectivity index (χ3n) is 5.95. The molecule has 4 aromatic rings. The molecular formula is C25H24F2N4O3S. The molecule has 0 aliphatic heterocycles. The molecule has 0 aliphatic carbocycles. The molecule has 0 radical (unpaired) electrons. The number of halogens is 2. The van der Waals surface area contributed by atoms with E-state index < -0.39 is 45.1 Å². The predicted octanol–water partition coefficient (Wildman–Crippen LogP) is 3.54. The Hall–Kier alpha value is -3.47. The van der Waals surface area contributed by atoms with Crippen LogP contribution in [0.15, 0.2) is 91.5 Å². The maximum absolute atomic E-state index is 14.9. The molecule has 7 nitrogen and oxygen atoms in total. The molecule has 0 aliphatic rings. The van der Waals surface area contributed by atoms with Crippen LogP contribution in [-0.2, 0) is 22.2 Å². The van der Waals surface area contributed by atoms with Gasteiger partial charge in [0.1, 0.15) is 35.1 Å². The molecule has 0 spiro atoms. The highest BCUT2D eigenvalue weighted by molar-refractivity contribution is 7.90. The van der Waals surface area contributed by atoms with Gasteiger partial charge in [0.15, 0.2) is 0 Å². The van der Waals surface area contributed by atoms with Crippen LogP contribution in [0.4, 0.5) is 8.78 Å². The van der Waals surface area contributed by atoms with E-state index in [2.05, 4.69) is 14.8 Å². The molecular weight excluding hydrogens is 474 g/mol. The van der Waals surface area contributed by atoms with E-state index in [4.69, 9.17) is 0 Å². The fraction of sp³-hybridized carbons (Fsp3) is 0.200. The van der Waals surface area contributed by atoms with Crippen molar-refractivity contribution in [2.24, 2.45) is 0 Å². The van der Waals surface area contributed by atoms with Crippen molar-refractivity contribution in [2.45, 2.75) is 30.4 Å². The van der Waals surface area contributed by atoms with Crippen molar-refractivity contribution in [2.75, 3.05) is 0 Å². The molecule has 0 saturated carbocycles. The topological polar surface area (TPSA) is 97.1 Å². The minimum Gasteiger partial charge on any atom is -0.382 e. The highest BCUT2D eigenvalue weighted by Crippen LogP contribution is 2.34. The number of aliphatic hydroxyl groups is 1.